The van der Waals surface area contributed by atoms with Crippen molar-refractivity contribution >= 4 is 5.91 Å². The lowest BCUT2D eigenvalue weighted by Crippen LogP contribution is -2.47. The molecule has 1 aliphatic rings. The quantitative estimate of drug-likeness (QED) is 0.667. The summed E-state index contributed by atoms with van der Waals surface area (Å²) in [7, 11) is 1.65. The van der Waals surface area contributed by atoms with Gasteiger partial charge in [-0.15, -0.1) is 0 Å². The third-order valence-corrected chi connectivity index (χ3v) is 4.27. The molecule has 24 heavy (non-hydrogen) atoms. The summed E-state index contributed by atoms with van der Waals surface area (Å²) in [5.41, 5.74) is 7.12. The second-order valence-corrected chi connectivity index (χ2v) is 6.02. The lowest BCUT2D eigenvalue weighted by molar-refractivity contribution is -0.124. The molecule has 0 bridgehead atoms. The van der Waals surface area contributed by atoms with E-state index < -0.39 is 6.04 Å². The van der Waals surface area contributed by atoms with Crippen LogP contribution in [0.3, 0.4) is 0 Å². The molecule has 1 aromatic carbocycles. The molecular formula is C18H28N2O4. The van der Waals surface area contributed by atoms with Crippen molar-refractivity contribution in [3.63, 3.8) is 0 Å². The van der Waals surface area contributed by atoms with E-state index in [0.29, 0.717) is 33.0 Å². The maximum Gasteiger partial charge on any atom is 0.237 e. The van der Waals surface area contributed by atoms with Crippen LogP contribution in [-0.4, -0.2) is 45.4 Å². The zero-order chi connectivity index (χ0) is 17.2. The highest BCUT2D eigenvalue weighted by Crippen LogP contribution is 2.17. The average molecular weight is 336 g/mol. The van der Waals surface area contributed by atoms with Crippen molar-refractivity contribution in [1.29, 1.82) is 0 Å². The molecule has 1 heterocycles. The smallest absolute Gasteiger partial charge is 0.237 e. The number of amides is 1. The number of methoxy groups -OCH3 is 1. The van der Waals surface area contributed by atoms with E-state index in [0.717, 1.165) is 30.6 Å². The number of carbonyl (C=O) groups is 1. The van der Waals surface area contributed by atoms with Gasteiger partial charge in [-0.25, -0.2) is 0 Å². The van der Waals surface area contributed by atoms with Gasteiger partial charge < -0.3 is 25.3 Å². The first-order chi connectivity index (χ1) is 11.7. The van der Waals surface area contributed by atoms with E-state index in [-0.39, 0.29) is 11.8 Å². The molecule has 0 spiro atoms. The minimum Gasteiger partial charge on any atom is -0.497 e. The van der Waals surface area contributed by atoms with E-state index in [9.17, 15) is 4.79 Å². The number of carbonyl (C=O) groups excluding carboxylic acids is 1. The fourth-order valence-electron chi connectivity index (χ4n) is 2.70. The van der Waals surface area contributed by atoms with E-state index >= 15 is 0 Å². The molecule has 6 nitrogen and oxygen atoms in total. The van der Waals surface area contributed by atoms with Crippen molar-refractivity contribution in [2.24, 2.45) is 11.7 Å². The van der Waals surface area contributed by atoms with Crippen molar-refractivity contribution in [3.8, 4) is 5.75 Å². The van der Waals surface area contributed by atoms with Crippen LogP contribution in [0.15, 0.2) is 24.3 Å². The first-order valence-corrected chi connectivity index (χ1v) is 8.52. The fourth-order valence-corrected chi connectivity index (χ4v) is 2.70. The molecule has 0 saturated carbocycles. The van der Waals surface area contributed by atoms with Crippen LogP contribution < -0.4 is 15.8 Å². The molecule has 2 rings (SSSR count). The van der Waals surface area contributed by atoms with Crippen molar-refractivity contribution < 1.29 is 19.0 Å². The van der Waals surface area contributed by atoms with Crippen molar-refractivity contribution in [1.82, 2.24) is 5.32 Å². The van der Waals surface area contributed by atoms with Crippen LogP contribution in [0.5, 0.6) is 5.75 Å². The summed E-state index contributed by atoms with van der Waals surface area (Å²) in [5.74, 6) is 0.990. The first-order valence-electron chi connectivity index (χ1n) is 8.52. The minimum absolute atomic E-state index is 0.0722. The summed E-state index contributed by atoms with van der Waals surface area (Å²) in [6.45, 7) is 3.13. The number of benzene rings is 1. The first kappa shape index (κ1) is 18.7. The van der Waals surface area contributed by atoms with Crippen molar-refractivity contribution in [3.05, 3.63) is 29.8 Å². The maximum absolute atomic E-state index is 12.0. The topological polar surface area (TPSA) is 82.8 Å². The molecule has 134 valence electrons. The third-order valence-electron chi connectivity index (χ3n) is 4.27. The zero-order valence-corrected chi connectivity index (χ0v) is 14.3. The van der Waals surface area contributed by atoms with E-state index in [1.165, 1.54) is 0 Å². The number of rotatable bonds is 9. The molecule has 0 radical (unpaired) electrons. The molecule has 1 aliphatic heterocycles. The highest BCUT2D eigenvalue weighted by molar-refractivity contribution is 5.81. The number of nitrogens with two attached hydrogens (primary N) is 1. The molecule has 6 heteroatoms. The molecule has 1 fully saturated rings. The molecule has 1 saturated heterocycles. The summed E-state index contributed by atoms with van der Waals surface area (Å²) in [5, 5.41) is 2.89. The van der Waals surface area contributed by atoms with Gasteiger partial charge in [0.05, 0.1) is 19.8 Å². The molecule has 1 atom stereocenters. The van der Waals surface area contributed by atoms with Crippen LogP contribution in [0.1, 0.15) is 24.8 Å². The van der Waals surface area contributed by atoms with Crippen LogP contribution in [-0.2, 0) is 20.9 Å². The van der Waals surface area contributed by atoms with E-state index in [1.54, 1.807) is 7.11 Å². The summed E-state index contributed by atoms with van der Waals surface area (Å²) in [6.07, 6.45) is 2.49. The summed E-state index contributed by atoms with van der Waals surface area (Å²) < 4.78 is 16.0. The van der Waals surface area contributed by atoms with Gasteiger partial charge in [-0.3, -0.25) is 4.79 Å². The Bertz CT molecular complexity index is 486. The predicted octanol–water partition coefficient (Wildman–Crippen LogP) is 1.47. The Morgan fingerprint density at radius 1 is 1.33 bits per heavy atom. The predicted molar refractivity (Wildman–Crippen MR) is 91.8 cm³/mol. The highest BCUT2D eigenvalue weighted by Gasteiger charge is 2.26. The Kier molecular flexibility index (Phi) is 8.01. The standard InChI is InChI=1S/C18H28N2O4/c1-22-16-5-3-14(4-6-16)13-24-10-2-9-20-18(21)17(19)15-7-11-23-12-8-15/h3-6,15,17H,2,7-13,19H2,1H3,(H,20,21). The van der Waals surface area contributed by atoms with Crippen LogP contribution in [0, 0.1) is 5.92 Å². The zero-order valence-electron chi connectivity index (χ0n) is 14.3. The number of hydrogen-bond acceptors (Lipinski definition) is 5. The number of nitrogens with one attached hydrogen (secondary N) is 1. The van der Waals surface area contributed by atoms with Gasteiger partial charge in [0, 0.05) is 26.4 Å². The fraction of sp³-hybridized carbons (Fsp3) is 0.611. The van der Waals surface area contributed by atoms with E-state index in [1.807, 2.05) is 24.3 Å². The third kappa shape index (κ3) is 6.11. The highest BCUT2D eigenvalue weighted by atomic mass is 16.5. The van der Waals surface area contributed by atoms with Crippen LogP contribution in [0.25, 0.3) is 0 Å². The summed E-state index contributed by atoms with van der Waals surface area (Å²) >= 11 is 0. The Morgan fingerprint density at radius 2 is 2.04 bits per heavy atom. The maximum atomic E-state index is 12.0. The van der Waals surface area contributed by atoms with Gasteiger partial charge in [0.15, 0.2) is 0 Å². The van der Waals surface area contributed by atoms with Gasteiger partial charge in [-0.1, -0.05) is 12.1 Å². The second kappa shape index (κ2) is 10.3. The van der Waals surface area contributed by atoms with Gasteiger partial charge in [0.25, 0.3) is 0 Å². The lowest BCUT2D eigenvalue weighted by Gasteiger charge is -2.26. The summed E-state index contributed by atoms with van der Waals surface area (Å²) in [4.78, 5) is 12.0. The molecule has 0 aliphatic carbocycles. The number of ether oxygens (including phenoxy) is 3. The van der Waals surface area contributed by atoms with Gasteiger partial charge in [-0.2, -0.15) is 0 Å². The number of hydrogen-bond donors (Lipinski definition) is 2. The van der Waals surface area contributed by atoms with Crippen molar-refractivity contribution in [2.75, 3.05) is 33.5 Å². The Morgan fingerprint density at radius 3 is 2.71 bits per heavy atom. The average Bonchev–Trinajstić information content (AvgIpc) is 2.65. The molecule has 0 aromatic heterocycles. The minimum atomic E-state index is -0.436. The van der Waals surface area contributed by atoms with Gasteiger partial charge >= 0.3 is 0 Å². The molecule has 1 aromatic rings. The Hall–Kier alpha value is -1.63. The Balaban J connectivity index is 1.54. The van der Waals surface area contributed by atoms with Gasteiger partial charge in [-0.05, 0) is 42.9 Å². The van der Waals surface area contributed by atoms with Crippen molar-refractivity contribution in [2.45, 2.75) is 31.9 Å². The van der Waals surface area contributed by atoms with Gasteiger partial charge in [0.1, 0.15) is 5.75 Å². The Labute approximate surface area is 143 Å². The largest absolute Gasteiger partial charge is 0.497 e. The molecule has 1 unspecified atom stereocenters. The normalized spacial score (nSPS) is 16.6. The van der Waals surface area contributed by atoms with E-state index in [4.69, 9.17) is 19.9 Å². The monoisotopic (exact) mass is 336 g/mol. The lowest BCUT2D eigenvalue weighted by atomic mass is 9.92. The molecule has 1 amide bonds. The molecule has 3 N–H and O–H groups in total. The van der Waals surface area contributed by atoms with Crippen LogP contribution >= 0.6 is 0 Å². The van der Waals surface area contributed by atoms with Crippen LogP contribution in [0.2, 0.25) is 0 Å². The van der Waals surface area contributed by atoms with Gasteiger partial charge in [0.2, 0.25) is 5.91 Å². The van der Waals surface area contributed by atoms with E-state index in [2.05, 4.69) is 5.32 Å². The molecular weight excluding hydrogens is 308 g/mol. The van der Waals surface area contributed by atoms with Crippen LogP contribution in [0.4, 0.5) is 0 Å². The SMILES string of the molecule is COc1ccc(COCCCNC(=O)C(N)C2CCOCC2)cc1. The second-order valence-electron chi connectivity index (χ2n) is 6.02. The summed E-state index contributed by atoms with van der Waals surface area (Å²) in [6, 6.07) is 7.35.